The van der Waals surface area contributed by atoms with Crippen molar-refractivity contribution in [2.24, 2.45) is 10.7 Å². The van der Waals surface area contributed by atoms with Gasteiger partial charge in [0.25, 0.3) is 0 Å². The second-order valence-electron chi connectivity index (χ2n) is 2.58. The van der Waals surface area contributed by atoms with E-state index in [9.17, 15) is 4.79 Å². The number of dihydropyridines is 1. The molecule has 4 nitrogen and oxygen atoms in total. The molecule has 0 saturated carbocycles. The number of hydrogen-bond donors (Lipinski definition) is 1. The van der Waals surface area contributed by atoms with E-state index in [0.717, 1.165) is 0 Å². The number of methoxy groups -OCH3 is 1. The van der Waals surface area contributed by atoms with Gasteiger partial charge in [-0.3, -0.25) is 9.79 Å². The molecule has 1 atom stereocenters. The zero-order valence-corrected chi connectivity index (χ0v) is 6.99. The van der Waals surface area contributed by atoms with Crippen LogP contribution in [0.4, 0.5) is 0 Å². The van der Waals surface area contributed by atoms with Gasteiger partial charge in [-0.2, -0.15) is 0 Å². The highest BCUT2D eigenvalue weighted by Gasteiger charge is 2.20. The second kappa shape index (κ2) is 4.01. The minimum Gasteiger partial charge on any atom is -0.396 e. The third-order valence-corrected chi connectivity index (χ3v) is 1.70. The molecule has 0 fully saturated rings. The number of allylic oxidation sites excluding steroid dienone is 1. The minimum absolute atomic E-state index is 0.102. The molecule has 2 N–H and O–H groups in total. The highest BCUT2D eigenvalue weighted by molar-refractivity contribution is 6.04. The van der Waals surface area contributed by atoms with Crippen molar-refractivity contribution in [2.75, 3.05) is 13.7 Å². The molecular formula is C8H12N2O2. The third kappa shape index (κ3) is 1.92. The van der Waals surface area contributed by atoms with Crippen LogP contribution in [0.25, 0.3) is 0 Å². The lowest BCUT2D eigenvalue weighted by molar-refractivity contribution is -0.117. The number of ketones is 1. The molecule has 0 saturated heterocycles. The molecule has 0 amide bonds. The third-order valence-electron chi connectivity index (χ3n) is 1.70. The summed E-state index contributed by atoms with van der Waals surface area (Å²) in [6.45, 7) is 0.529. The first-order valence-electron chi connectivity index (χ1n) is 3.78. The predicted octanol–water partition coefficient (Wildman–Crippen LogP) is -0.112. The molecule has 1 aliphatic heterocycles. The van der Waals surface area contributed by atoms with Crippen LogP contribution in [-0.4, -0.2) is 31.8 Å². The van der Waals surface area contributed by atoms with E-state index in [1.165, 1.54) is 6.08 Å². The van der Waals surface area contributed by atoms with Crippen molar-refractivity contribution in [3.63, 3.8) is 0 Å². The Bertz CT molecular complexity index is 233. The lowest BCUT2D eigenvalue weighted by atomic mass is 10.1. The minimum atomic E-state index is -0.338. The lowest BCUT2D eigenvalue weighted by Gasteiger charge is -2.13. The molecular weight excluding hydrogens is 156 g/mol. The summed E-state index contributed by atoms with van der Waals surface area (Å²) in [5.41, 5.74) is 5.70. The summed E-state index contributed by atoms with van der Waals surface area (Å²) in [4.78, 5) is 15.3. The van der Waals surface area contributed by atoms with Crippen LogP contribution in [0.1, 0.15) is 6.42 Å². The summed E-state index contributed by atoms with van der Waals surface area (Å²) in [5, 5.41) is 0. The van der Waals surface area contributed by atoms with E-state index in [-0.39, 0.29) is 17.5 Å². The van der Waals surface area contributed by atoms with Gasteiger partial charge in [-0.25, -0.2) is 0 Å². The maximum atomic E-state index is 11.3. The van der Waals surface area contributed by atoms with Crippen molar-refractivity contribution in [1.82, 2.24) is 0 Å². The molecule has 1 heterocycles. The second-order valence-corrected chi connectivity index (χ2v) is 2.58. The summed E-state index contributed by atoms with van der Waals surface area (Å²) in [6.07, 6.45) is 3.68. The Labute approximate surface area is 71.1 Å². The first-order valence-corrected chi connectivity index (χ1v) is 3.78. The molecule has 1 rings (SSSR count). The summed E-state index contributed by atoms with van der Waals surface area (Å²) in [5.74, 6) is -0.102. The molecule has 0 aliphatic carbocycles. The molecule has 1 unspecified atom stereocenters. The van der Waals surface area contributed by atoms with Crippen molar-refractivity contribution in [1.29, 1.82) is 0 Å². The van der Waals surface area contributed by atoms with Gasteiger partial charge in [0.1, 0.15) is 6.04 Å². The first-order chi connectivity index (χ1) is 5.75. The average molecular weight is 168 g/mol. The molecule has 0 spiro atoms. The van der Waals surface area contributed by atoms with E-state index in [1.807, 2.05) is 0 Å². The van der Waals surface area contributed by atoms with Crippen LogP contribution >= 0.6 is 0 Å². The van der Waals surface area contributed by atoms with E-state index in [0.29, 0.717) is 13.0 Å². The summed E-state index contributed by atoms with van der Waals surface area (Å²) in [7, 11) is 1.59. The molecule has 66 valence electrons. The molecule has 0 bridgehead atoms. The molecule has 4 heteroatoms. The normalized spacial score (nSPS) is 22.6. The van der Waals surface area contributed by atoms with E-state index in [2.05, 4.69) is 4.99 Å². The highest BCUT2D eigenvalue weighted by atomic mass is 16.5. The Hall–Kier alpha value is -1.16. The number of nitrogens with zero attached hydrogens (tertiary/aromatic N) is 1. The molecule has 0 aromatic rings. The van der Waals surface area contributed by atoms with Crippen LogP contribution in [0.3, 0.4) is 0 Å². The molecule has 12 heavy (non-hydrogen) atoms. The largest absolute Gasteiger partial charge is 0.396 e. The smallest absolute Gasteiger partial charge is 0.202 e. The monoisotopic (exact) mass is 168 g/mol. The van der Waals surface area contributed by atoms with Crippen LogP contribution < -0.4 is 5.73 Å². The number of ether oxygens (including phenoxy) is 1. The average Bonchev–Trinajstić information content (AvgIpc) is 2.08. The Morgan fingerprint density at radius 1 is 1.75 bits per heavy atom. The SMILES string of the molecule is COCCC1N=CC=C(N)C1=O. The van der Waals surface area contributed by atoms with Gasteiger partial charge in [0, 0.05) is 26.4 Å². The number of rotatable bonds is 3. The molecule has 0 aromatic heterocycles. The zero-order valence-electron chi connectivity index (χ0n) is 6.99. The number of hydrogen-bond acceptors (Lipinski definition) is 4. The molecule has 0 radical (unpaired) electrons. The molecule has 1 aliphatic rings. The Balaban J connectivity index is 2.52. The summed E-state index contributed by atoms with van der Waals surface area (Å²) in [6, 6.07) is -0.338. The van der Waals surface area contributed by atoms with Crippen LogP contribution in [0.2, 0.25) is 0 Å². The lowest BCUT2D eigenvalue weighted by Crippen LogP contribution is -2.28. The summed E-state index contributed by atoms with van der Waals surface area (Å²) >= 11 is 0. The standard InChI is InChI=1S/C8H12N2O2/c1-12-5-3-7-8(11)6(9)2-4-10-7/h2,4,7H,3,5,9H2,1H3. The molecule has 0 aromatic carbocycles. The van der Waals surface area contributed by atoms with Gasteiger partial charge in [-0.1, -0.05) is 0 Å². The highest BCUT2D eigenvalue weighted by Crippen LogP contribution is 2.07. The van der Waals surface area contributed by atoms with Gasteiger partial charge in [-0.05, 0) is 6.08 Å². The topological polar surface area (TPSA) is 64.7 Å². The van der Waals surface area contributed by atoms with Crippen LogP contribution in [-0.2, 0) is 9.53 Å². The zero-order chi connectivity index (χ0) is 8.97. The number of Topliss-reactive ketones (excluding diaryl/α,β-unsaturated/α-hetero) is 1. The van der Waals surface area contributed by atoms with E-state index in [4.69, 9.17) is 10.5 Å². The van der Waals surface area contributed by atoms with Crippen molar-refractivity contribution < 1.29 is 9.53 Å². The Morgan fingerprint density at radius 3 is 3.17 bits per heavy atom. The van der Waals surface area contributed by atoms with Crippen LogP contribution in [0.15, 0.2) is 16.8 Å². The number of nitrogens with two attached hydrogens (primary N) is 1. The van der Waals surface area contributed by atoms with Crippen molar-refractivity contribution in [2.45, 2.75) is 12.5 Å². The van der Waals surface area contributed by atoms with Crippen molar-refractivity contribution in [3.8, 4) is 0 Å². The fourth-order valence-electron chi connectivity index (χ4n) is 1.00. The van der Waals surface area contributed by atoms with Gasteiger partial charge in [0.2, 0.25) is 5.78 Å². The number of aliphatic imine (C=N–C) groups is 1. The first kappa shape index (κ1) is 8.93. The van der Waals surface area contributed by atoms with Gasteiger partial charge >= 0.3 is 0 Å². The number of carbonyl (C=O) groups is 1. The van der Waals surface area contributed by atoms with E-state index >= 15 is 0 Å². The quantitative estimate of drug-likeness (QED) is 0.639. The van der Waals surface area contributed by atoms with Crippen molar-refractivity contribution in [3.05, 3.63) is 11.8 Å². The van der Waals surface area contributed by atoms with Crippen LogP contribution in [0, 0.1) is 0 Å². The van der Waals surface area contributed by atoms with E-state index in [1.54, 1.807) is 13.3 Å². The summed E-state index contributed by atoms with van der Waals surface area (Å²) < 4.78 is 4.84. The van der Waals surface area contributed by atoms with Gasteiger partial charge in [0.05, 0.1) is 5.70 Å². The van der Waals surface area contributed by atoms with E-state index < -0.39 is 0 Å². The maximum absolute atomic E-state index is 11.3. The van der Waals surface area contributed by atoms with Gasteiger partial charge in [-0.15, -0.1) is 0 Å². The van der Waals surface area contributed by atoms with Crippen molar-refractivity contribution >= 4 is 12.0 Å². The predicted molar refractivity (Wildman–Crippen MR) is 46.1 cm³/mol. The van der Waals surface area contributed by atoms with Gasteiger partial charge in [0.15, 0.2) is 0 Å². The van der Waals surface area contributed by atoms with Gasteiger partial charge < -0.3 is 10.5 Å². The number of carbonyl (C=O) groups excluding carboxylic acids is 1. The fourth-order valence-corrected chi connectivity index (χ4v) is 1.00. The Morgan fingerprint density at radius 2 is 2.50 bits per heavy atom. The van der Waals surface area contributed by atoms with Crippen LogP contribution in [0.5, 0.6) is 0 Å². The Kier molecular flexibility index (Phi) is 2.99. The fraction of sp³-hybridized carbons (Fsp3) is 0.500. The maximum Gasteiger partial charge on any atom is 0.202 e.